The molecule has 0 fully saturated rings. The van der Waals surface area contributed by atoms with Crippen molar-refractivity contribution < 1.29 is 9.13 Å². The summed E-state index contributed by atoms with van der Waals surface area (Å²) in [5.74, 6) is -0.181. The number of nitrogens with zero attached hydrogens (tertiary/aromatic N) is 2. The van der Waals surface area contributed by atoms with Crippen LogP contribution in [0.15, 0.2) is 30.3 Å². The normalized spacial score (nSPS) is 10.3. The lowest BCUT2D eigenvalue weighted by Crippen LogP contribution is -2.01. The predicted molar refractivity (Wildman–Crippen MR) is 62.5 cm³/mol. The summed E-state index contributed by atoms with van der Waals surface area (Å²) in [6.45, 7) is 2.03. The molecule has 1 aromatic carbocycles. The molecule has 0 spiro atoms. The van der Waals surface area contributed by atoms with Gasteiger partial charge in [0.25, 0.3) is 0 Å². The Hall–Kier alpha value is -1.68. The van der Waals surface area contributed by atoms with E-state index in [0.29, 0.717) is 10.8 Å². The van der Waals surface area contributed by atoms with Gasteiger partial charge in [0, 0.05) is 0 Å². The van der Waals surface area contributed by atoms with Gasteiger partial charge in [-0.3, -0.25) is 0 Å². The highest BCUT2D eigenvalue weighted by atomic mass is 35.5. The van der Waals surface area contributed by atoms with Crippen molar-refractivity contribution in [1.29, 1.82) is 0 Å². The molecule has 0 aliphatic rings. The van der Waals surface area contributed by atoms with Crippen LogP contribution in [0.5, 0.6) is 5.75 Å². The number of ether oxygens (including phenoxy) is 1. The Morgan fingerprint density at radius 2 is 2.06 bits per heavy atom. The summed E-state index contributed by atoms with van der Waals surface area (Å²) < 4.78 is 18.7. The summed E-state index contributed by atoms with van der Waals surface area (Å²) in [6, 6.07) is 7.99. The molecule has 2 aromatic rings. The molecule has 0 aliphatic heterocycles. The molecule has 0 amide bonds. The summed E-state index contributed by atoms with van der Waals surface area (Å²) in [6.07, 6.45) is 0. The van der Waals surface area contributed by atoms with E-state index in [1.54, 1.807) is 24.3 Å². The molecular weight excluding hydrogens is 243 g/mol. The average molecular weight is 253 g/mol. The molecule has 1 aromatic heterocycles. The maximum atomic E-state index is 13.4. The largest absolute Gasteiger partial charge is 0.484 e. The Bertz CT molecular complexity index is 516. The highest BCUT2D eigenvalue weighted by molar-refractivity contribution is 6.29. The second-order valence-corrected chi connectivity index (χ2v) is 3.96. The van der Waals surface area contributed by atoms with Gasteiger partial charge in [0.1, 0.15) is 12.3 Å². The fourth-order valence-electron chi connectivity index (χ4n) is 1.29. The topological polar surface area (TPSA) is 35.0 Å². The quantitative estimate of drug-likeness (QED) is 0.842. The van der Waals surface area contributed by atoms with Crippen molar-refractivity contribution in [3.8, 4) is 5.75 Å². The van der Waals surface area contributed by atoms with Crippen LogP contribution in [-0.2, 0) is 6.61 Å². The van der Waals surface area contributed by atoms with Crippen LogP contribution in [0, 0.1) is 12.7 Å². The fraction of sp³-hybridized carbons (Fsp3) is 0.167. The van der Waals surface area contributed by atoms with E-state index in [0.717, 1.165) is 5.56 Å². The van der Waals surface area contributed by atoms with Gasteiger partial charge in [-0.05, 0) is 36.8 Å². The Morgan fingerprint density at radius 3 is 2.76 bits per heavy atom. The average Bonchev–Trinajstić information content (AvgIpc) is 2.32. The molecule has 0 N–H and O–H groups in total. The smallest absolute Gasteiger partial charge is 0.165 e. The van der Waals surface area contributed by atoms with Crippen LogP contribution in [0.2, 0.25) is 5.15 Å². The standard InChI is InChI=1S/C12H10ClFN2O/c1-8-2-4-10(14)11(6-8)17-7-9-3-5-12(13)16-15-9/h2-6H,7H2,1H3. The summed E-state index contributed by atoms with van der Waals surface area (Å²) in [4.78, 5) is 0. The number of benzene rings is 1. The highest BCUT2D eigenvalue weighted by Crippen LogP contribution is 2.19. The zero-order valence-corrected chi connectivity index (χ0v) is 9.91. The summed E-state index contributed by atoms with van der Waals surface area (Å²) in [5.41, 5.74) is 1.53. The third-order valence-electron chi connectivity index (χ3n) is 2.15. The first-order valence-corrected chi connectivity index (χ1v) is 5.40. The molecule has 0 aliphatic carbocycles. The van der Waals surface area contributed by atoms with Gasteiger partial charge in [-0.2, -0.15) is 5.10 Å². The molecule has 1 heterocycles. The molecule has 88 valence electrons. The van der Waals surface area contributed by atoms with E-state index in [4.69, 9.17) is 16.3 Å². The van der Waals surface area contributed by atoms with Gasteiger partial charge in [0.05, 0.1) is 0 Å². The zero-order chi connectivity index (χ0) is 12.3. The number of hydrogen-bond donors (Lipinski definition) is 0. The minimum Gasteiger partial charge on any atom is -0.484 e. The zero-order valence-electron chi connectivity index (χ0n) is 9.15. The number of hydrogen-bond acceptors (Lipinski definition) is 3. The molecule has 0 atom stereocenters. The number of halogens is 2. The molecule has 17 heavy (non-hydrogen) atoms. The van der Waals surface area contributed by atoms with Crippen LogP contribution < -0.4 is 4.74 Å². The predicted octanol–water partition coefficient (Wildman–Crippen LogP) is 3.16. The van der Waals surface area contributed by atoms with E-state index < -0.39 is 5.82 Å². The van der Waals surface area contributed by atoms with Crippen LogP contribution >= 0.6 is 11.6 Å². The Balaban J connectivity index is 2.07. The molecule has 3 nitrogen and oxygen atoms in total. The maximum absolute atomic E-state index is 13.4. The molecule has 0 bridgehead atoms. The van der Waals surface area contributed by atoms with Crippen LogP contribution in [-0.4, -0.2) is 10.2 Å². The molecule has 0 saturated carbocycles. The van der Waals surface area contributed by atoms with Crippen molar-refractivity contribution in [2.45, 2.75) is 13.5 Å². The second-order valence-electron chi connectivity index (χ2n) is 3.57. The monoisotopic (exact) mass is 252 g/mol. The van der Waals surface area contributed by atoms with Gasteiger partial charge >= 0.3 is 0 Å². The fourth-order valence-corrected chi connectivity index (χ4v) is 1.39. The van der Waals surface area contributed by atoms with Gasteiger partial charge in [-0.15, -0.1) is 5.10 Å². The van der Waals surface area contributed by atoms with E-state index in [1.165, 1.54) is 6.07 Å². The van der Waals surface area contributed by atoms with Crippen molar-refractivity contribution in [2.24, 2.45) is 0 Å². The van der Waals surface area contributed by atoms with E-state index in [1.807, 2.05) is 6.92 Å². The molecule has 0 unspecified atom stereocenters. The Labute approximate surface area is 103 Å². The minimum absolute atomic E-state index is 0.157. The van der Waals surface area contributed by atoms with Crippen molar-refractivity contribution in [2.75, 3.05) is 0 Å². The van der Waals surface area contributed by atoms with Gasteiger partial charge in [0.2, 0.25) is 0 Å². The molecule has 5 heteroatoms. The Morgan fingerprint density at radius 1 is 1.24 bits per heavy atom. The van der Waals surface area contributed by atoms with Gasteiger partial charge in [-0.25, -0.2) is 4.39 Å². The van der Waals surface area contributed by atoms with Crippen LogP contribution in [0.25, 0.3) is 0 Å². The van der Waals surface area contributed by atoms with Crippen molar-refractivity contribution in [3.63, 3.8) is 0 Å². The summed E-state index contributed by atoms with van der Waals surface area (Å²) >= 11 is 5.60. The SMILES string of the molecule is Cc1ccc(F)c(OCc2ccc(Cl)nn2)c1. The maximum Gasteiger partial charge on any atom is 0.165 e. The van der Waals surface area contributed by atoms with E-state index in [9.17, 15) is 4.39 Å². The van der Waals surface area contributed by atoms with E-state index >= 15 is 0 Å². The summed E-state index contributed by atoms with van der Waals surface area (Å²) in [5, 5.41) is 7.80. The van der Waals surface area contributed by atoms with E-state index in [2.05, 4.69) is 10.2 Å². The Kier molecular flexibility index (Phi) is 3.54. The molecular formula is C12H10ClFN2O. The molecule has 0 saturated heterocycles. The van der Waals surface area contributed by atoms with Crippen LogP contribution in [0.4, 0.5) is 4.39 Å². The molecule has 0 radical (unpaired) electrons. The van der Waals surface area contributed by atoms with E-state index in [-0.39, 0.29) is 12.4 Å². The number of aromatic nitrogens is 2. The molecule has 2 rings (SSSR count). The van der Waals surface area contributed by atoms with Crippen molar-refractivity contribution in [3.05, 3.63) is 52.6 Å². The highest BCUT2D eigenvalue weighted by Gasteiger charge is 2.04. The van der Waals surface area contributed by atoms with Crippen LogP contribution in [0.1, 0.15) is 11.3 Å². The summed E-state index contributed by atoms with van der Waals surface area (Å²) in [7, 11) is 0. The van der Waals surface area contributed by atoms with Crippen molar-refractivity contribution >= 4 is 11.6 Å². The van der Waals surface area contributed by atoms with Gasteiger partial charge < -0.3 is 4.74 Å². The lowest BCUT2D eigenvalue weighted by Gasteiger charge is -2.07. The van der Waals surface area contributed by atoms with Crippen LogP contribution in [0.3, 0.4) is 0 Å². The lowest BCUT2D eigenvalue weighted by atomic mass is 10.2. The first kappa shape index (κ1) is 11.8. The lowest BCUT2D eigenvalue weighted by molar-refractivity contribution is 0.284. The third kappa shape index (κ3) is 3.14. The third-order valence-corrected chi connectivity index (χ3v) is 2.35. The first-order valence-electron chi connectivity index (χ1n) is 5.02. The van der Waals surface area contributed by atoms with Crippen molar-refractivity contribution in [1.82, 2.24) is 10.2 Å². The number of rotatable bonds is 3. The first-order chi connectivity index (χ1) is 8.15. The second kappa shape index (κ2) is 5.10. The van der Waals surface area contributed by atoms with Gasteiger partial charge in [0.15, 0.2) is 16.7 Å². The van der Waals surface area contributed by atoms with Gasteiger partial charge in [-0.1, -0.05) is 17.7 Å². The number of aryl methyl sites for hydroxylation is 1. The minimum atomic E-state index is -0.391.